The highest BCUT2D eigenvalue weighted by atomic mass is 16.4. The van der Waals surface area contributed by atoms with E-state index in [9.17, 15) is 4.79 Å². The van der Waals surface area contributed by atoms with Gasteiger partial charge in [0.15, 0.2) is 0 Å². The number of hydrogen-bond acceptors (Lipinski definition) is 3. The molecule has 1 aliphatic heterocycles. The van der Waals surface area contributed by atoms with Crippen LogP contribution < -0.4 is 4.90 Å². The third kappa shape index (κ3) is 3.26. The van der Waals surface area contributed by atoms with Crippen LogP contribution in [-0.2, 0) is 4.79 Å². The van der Waals surface area contributed by atoms with Crippen molar-refractivity contribution in [1.29, 1.82) is 0 Å². The number of para-hydroxylation sites is 1. The summed E-state index contributed by atoms with van der Waals surface area (Å²) in [5, 5.41) is 12.5. The smallest absolute Gasteiger partial charge is 0.230 e. The van der Waals surface area contributed by atoms with Crippen molar-refractivity contribution in [3.63, 3.8) is 0 Å². The number of amides is 1. The van der Waals surface area contributed by atoms with Gasteiger partial charge < -0.3 is 10.1 Å². The van der Waals surface area contributed by atoms with E-state index in [0.717, 1.165) is 36.9 Å². The molecule has 0 fully saturated rings. The van der Waals surface area contributed by atoms with E-state index in [0.29, 0.717) is 18.7 Å². The molecule has 1 aromatic rings. The third-order valence-corrected chi connectivity index (χ3v) is 4.21. The number of carbonyl (C=O) groups excluding carboxylic acids is 1. The van der Waals surface area contributed by atoms with E-state index in [2.05, 4.69) is 19.0 Å². The Morgan fingerprint density at radius 3 is 2.81 bits per heavy atom. The van der Waals surface area contributed by atoms with Gasteiger partial charge in [0.1, 0.15) is 0 Å². The highest BCUT2D eigenvalue weighted by Crippen LogP contribution is 2.30. The van der Waals surface area contributed by atoms with Gasteiger partial charge >= 0.3 is 0 Å². The Hall–Kier alpha value is -1.84. The first kappa shape index (κ1) is 15.5. The van der Waals surface area contributed by atoms with E-state index in [4.69, 9.17) is 5.21 Å². The molecule has 21 heavy (non-hydrogen) atoms. The number of unbranched alkanes of at least 4 members (excludes halogenated alkanes) is 1. The number of oxime groups is 1. The van der Waals surface area contributed by atoms with Gasteiger partial charge in [-0.1, -0.05) is 50.0 Å². The van der Waals surface area contributed by atoms with Gasteiger partial charge in [0.05, 0.1) is 11.4 Å². The topological polar surface area (TPSA) is 52.9 Å². The Labute approximate surface area is 126 Å². The summed E-state index contributed by atoms with van der Waals surface area (Å²) in [6.45, 7) is 4.82. The summed E-state index contributed by atoms with van der Waals surface area (Å²) in [6, 6.07) is 7.68. The Bertz CT molecular complexity index is 525. The first-order chi connectivity index (χ1) is 10.2. The third-order valence-electron chi connectivity index (χ3n) is 4.21. The number of rotatable bonds is 5. The fraction of sp³-hybridized carbons (Fsp3) is 0.529. The van der Waals surface area contributed by atoms with Gasteiger partial charge in [-0.2, -0.15) is 0 Å². The van der Waals surface area contributed by atoms with Gasteiger partial charge in [-0.3, -0.25) is 4.79 Å². The van der Waals surface area contributed by atoms with Crippen molar-refractivity contribution < 1.29 is 10.0 Å². The predicted octanol–water partition coefficient (Wildman–Crippen LogP) is 3.82. The molecule has 0 bridgehead atoms. The minimum atomic E-state index is 0.0885. The minimum Gasteiger partial charge on any atom is -0.411 e. The van der Waals surface area contributed by atoms with Crippen molar-refractivity contribution >= 4 is 17.3 Å². The largest absolute Gasteiger partial charge is 0.411 e. The molecule has 4 nitrogen and oxygen atoms in total. The zero-order chi connectivity index (χ0) is 15.2. The number of anilines is 1. The summed E-state index contributed by atoms with van der Waals surface area (Å²) >= 11 is 0. The van der Waals surface area contributed by atoms with Crippen LogP contribution in [0.3, 0.4) is 0 Å². The number of fused-ring (bicyclic) bond motifs is 1. The molecule has 1 unspecified atom stereocenters. The number of hydrogen-bond donors (Lipinski definition) is 1. The summed E-state index contributed by atoms with van der Waals surface area (Å²) < 4.78 is 0. The maximum atomic E-state index is 12.8. The maximum Gasteiger partial charge on any atom is 0.230 e. The molecule has 4 heteroatoms. The van der Waals surface area contributed by atoms with Crippen LogP contribution in [0.25, 0.3) is 0 Å². The van der Waals surface area contributed by atoms with Gasteiger partial charge in [-0.25, -0.2) is 0 Å². The summed E-state index contributed by atoms with van der Waals surface area (Å²) in [5.41, 5.74) is 2.40. The fourth-order valence-electron chi connectivity index (χ4n) is 2.93. The van der Waals surface area contributed by atoms with E-state index in [1.165, 1.54) is 0 Å². The van der Waals surface area contributed by atoms with Crippen LogP contribution in [0.15, 0.2) is 29.4 Å². The van der Waals surface area contributed by atoms with Gasteiger partial charge in [0.25, 0.3) is 0 Å². The molecule has 1 amide bonds. The number of carbonyl (C=O) groups is 1. The minimum absolute atomic E-state index is 0.0885. The van der Waals surface area contributed by atoms with Crippen molar-refractivity contribution in [1.82, 2.24) is 0 Å². The first-order valence-corrected chi connectivity index (χ1v) is 7.84. The van der Waals surface area contributed by atoms with Crippen LogP contribution in [0.2, 0.25) is 0 Å². The zero-order valence-corrected chi connectivity index (χ0v) is 12.9. The quantitative estimate of drug-likeness (QED) is 0.661. The van der Waals surface area contributed by atoms with Crippen LogP contribution in [0, 0.1) is 5.92 Å². The summed E-state index contributed by atoms with van der Waals surface area (Å²) in [4.78, 5) is 14.7. The van der Waals surface area contributed by atoms with Crippen LogP contribution in [0.1, 0.15) is 51.5 Å². The number of nitrogens with zero attached hydrogens (tertiary/aromatic N) is 2. The molecular weight excluding hydrogens is 264 g/mol. The Morgan fingerprint density at radius 2 is 2.14 bits per heavy atom. The van der Waals surface area contributed by atoms with Crippen LogP contribution in [0.5, 0.6) is 0 Å². The lowest BCUT2D eigenvalue weighted by atomic mass is 9.94. The van der Waals surface area contributed by atoms with Gasteiger partial charge in [0, 0.05) is 24.4 Å². The molecule has 1 heterocycles. The van der Waals surface area contributed by atoms with Gasteiger partial charge in [-0.15, -0.1) is 0 Å². The lowest BCUT2D eigenvalue weighted by Gasteiger charge is -2.32. The maximum absolute atomic E-state index is 12.8. The van der Waals surface area contributed by atoms with Crippen LogP contribution >= 0.6 is 0 Å². The highest BCUT2D eigenvalue weighted by molar-refractivity contribution is 6.11. The van der Waals surface area contributed by atoms with E-state index in [1.807, 2.05) is 29.2 Å². The summed E-state index contributed by atoms with van der Waals surface area (Å²) in [7, 11) is 0. The van der Waals surface area contributed by atoms with E-state index < -0.39 is 0 Å². The van der Waals surface area contributed by atoms with E-state index in [-0.39, 0.29) is 11.8 Å². The average molecular weight is 288 g/mol. The van der Waals surface area contributed by atoms with Crippen molar-refractivity contribution in [2.24, 2.45) is 11.1 Å². The van der Waals surface area contributed by atoms with Gasteiger partial charge in [-0.05, 0) is 18.9 Å². The van der Waals surface area contributed by atoms with E-state index in [1.54, 1.807) is 0 Å². The first-order valence-electron chi connectivity index (χ1n) is 7.84. The van der Waals surface area contributed by atoms with Crippen LogP contribution in [-0.4, -0.2) is 23.4 Å². The predicted molar refractivity (Wildman–Crippen MR) is 85.0 cm³/mol. The van der Waals surface area contributed by atoms with E-state index >= 15 is 0 Å². The standard InChI is InChI=1S/C17H24N2O2/c1-3-5-8-13(4-2)17(20)19-12-11-15(18-21)14-9-6-7-10-16(14)19/h6-7,9-10,13,21H,3-5,8,11-12H2,1-2H3. The Morgan fingerprint density at radius 1 is 1.38 bits per heavy atom. The lowest BCUT2D eigenvalue weighted by molar-refractivity contribution is -0.122. The molecule has 2 rings (SSSR count). The molecular formula is C17H24N2O2. The monoisotopic (exact) mass is 288 g/mol. The van der Waals surface area contributed by atoms with Crippen molar-refractivity contribution in [3.8, 4) is 0 Å². The van der Waals surface area contributed by atoms with Gasteiger partial charge in [0.2, 0.25) is 5.91 Å². The summed E-state index contributed by atoms with van der Waals surface area (Å²) in [6.07, 6.45) is 4.62. The molecule has 1 atom stereocenters. The molecule has 0 aliphatic carbocycles. The Kier molecular flexibility index (Phi) is 5.37. The molecule has 0 spiro atoms. The molecule has 1 N–H and O–H groups in total. The molecule has 0 radical (unpaired) electrons. The molecule has 114 valence electrons. The van der Waals surface area contributed by atoms with Crippen molar-refractivity contribution in [3.05, 3.63) is 29.8 Å². The normalized spacial score (nSPS) is 17.6. The summed E-state index contributed by atoms with van der Waals surface area (Å²) in [5.74, 6) is 0.293. The van der Waals surface area contributed by atoms with Crippen LogP contribution in [0.4, 0.5) is 5.69 Å². The second-order valence-electron chi connectivity index (χ2n) is 5.55. The molecule has 0 saturated heterocycles. The average Bonchev–Trinajstić information content (AvgIpc) is 2.54. The second kappa shape index (κ2) is 7.25. The van der Waals surface area contributed by atoms with Crippen molar-refractivity contribution in [2.45, 2.75) is 46.0 Å². The highest BCUT2D eigenvalue weighted by Gasteiger charge is 2.29. The molecule has 1 aromatic carbocycles. The molecule has 0 saturated carbocycles. The molecule has 0 aromatic heterocycles. The molecule has 1 aliphatic rings. The second-order valence-corrected chi connectivity index (χ2v) is 5.55. The fourth-order valence-corrected chi connectivity index (χ4v) is 2.93. The SMILES string of the molecule is CCCCC(CC)C(=O)N1CCC(=NO)c2ccccc21. The van der Waals surface area contributed by atoms with Crippen molar-refractivity contribution in [2.75, 3.05) is 11.4 Å². The Balaban J connectivity index is 2.26. The lowest BCUT2D eigenvalue weighted by Crippen LogP contribution is -2.41. The zero-order valence-electron chi connectivity index (χ0n) is 12.9. The number of benzene rings is 1.